The number of carbonyl (C=O) groups is 1. The van der Waals surface area contributed by atoms with Crippen molar-refractivity contribution in [2.75, 3.05) is 26.6 Å². The van der Waals surface area contributed by atoms with Gasteiger partial charge in [0, 0.05) is 24.0 Å². The summed E-state index contributed by atoms with van der Waals surface area (Å²) in [4.78, 5) is 15.1. The number of hydrogen-bond acceptors (Lipinski definition) is 4. The van der Waals surface area contributed by atoms with Gasteiger partial charge >= 0.3 is 0 Å². The van der Waals surface area contributed by atoms with Crippen LogP contribution in [0.5, 0.6) is 17.2 Å². The molecule has 0 spiro atoms. The molecular formula is C15H18N2O4. The molecule has 0 aliphatic heterocycles. The summed E-state index contributed by atoms with van der Waals surface area (Å²) in [6.45, 7) is 0. The molecule has 2 rings (SSSR count). The molecule has 0 atom stereocenters. The smallest absolute Gasteiger partial charge is 0.230 e. The third-order valence-corrected chi connectivity index (χ3v) is 2.99. The van der Waals surface area contributed by atoms with E-state index in [4.69, 9.17) is 14.2 Å². The summed E-state index contributed by atoms with van der Waals surface area (Å²) in [6, 6.07) is 7.07. The lowest BCUT2D eigenvalue weighted by Gasteiger charge is -2.15. The van der Waals surface area contributed by atoms with Gasteiger partial charge in [-0.05, 0) is 12.1 Å². The van der Waals surface area contributed by atoms with Crippen LogP contribution in [-0.2, 0) is 11.2 Å². The van der Waals surface area contributed by atoms with Gasteiger partial charge in [-0.1, -0.05) is 0 Å². The first-order chi connectivity index (χ1) is 10.2. The summed E-state index contributed by atoms with van der Waals surface area (Å²) < 4.78 is 15.7. The van der Waals surface area contributed by atoms with Crippen molar-refractivity contribution in [2.45, 2.75) is 6.42 Å². The number of carbonyl (C=O) groups excluding carboxylic acids is 1. The van der Waals surface area contributed by atoms with Crippen LogP contribution in [0, 0.1) is 0 Å². The van der Waals surface area contributed by atoms with Crippen molar-refractivity contribution in [1.82, 2.24) is 4.98 Å². The number of methoxy groups -OCH3 is 3. The van der Waals surface area contributed by atoms with Crippen LogP contribution >= 0.6 is 0 Å². The second-order valence-electron chi connectivity index (χ2n) is 4.33. The van der Waals surface area contributed by atoms with Gasteiger partial charge in [-0.15, -0.1) is 0 Å². The predicted octanol–water partition coefficient (Wildman–Crippen LogP) is 2.22. The third-order valence-electron chi connectivity index (χ3n) is 2.99. The van der Waals surface area contributed by atoms with Crippen molar-refractivity contribution in [3.63, 3.8) is 0 Å². The van der Waals surface area contributed by atoms with Crippen LogP contribution < -0.4 is 19.5 Å². The monoisotopic (exact) mass is 290 g/mol. The molecule has 1 amide bonds. The average Bonchev–Trinajstić information content (AvgIpc) is 3.00. The summed E-state index contributed by atoms with van der Waals surface area (Å²) in [7, 11) is 4.60. The van der Waals surface area contributed by atoms with Crippen LogP contribution in [-0.4, -0.2) is 32.2 Å². The maximum absolute atomic E-state index is 12.1. The topological polar surface area (TPSA) is 72.6 Å². The van der Waals surface area contributed by atoms with Crippen molar-refractivity contribution in [2.24, 2.45) is 0 Å². The fourth-order valence-corrected chi connectivity index (χ4v) is 1.96. The van der Waals surface area contributed by atoms with Gasteiger partial charge in [-0.25, -0.2) is 0 Å². The molecule has 2 N–H and O–H groups in total. The van der Waals surface area contributed by atoms with E-state index in [1.54, 1.807) is 25.4 Å². The van der Waals surface area contributed by atoms with Gasteiger partial charge in [0.05, 0.1) is 27.8 Å². The Balaban J connectivity index is 2.23. The van der Waals surface area contributed by atoms with E-state index in [1.807, 2.05) is 12.1 Å². The number of rotatable bonds is 6. The minimum Gasteiger partial charge on any atom is -0.496 e. The molecule has 1 aromatic heterocycles. The Bertz CT molecular complexity index is 583. The fourth-order valence-electron chi connectivity index (χ4n) is 1.96. The Hall–Kier alpha value is -2.63. The largest absolute Gasteiger partial charge is 0.496 e. The molecule has 112 valence electrons. The zero-order valence-corrected chi connectivity index (χ0v) is 12.2. The van der Waals surface area contributed by atoms with Crippen LogP contribution in [0.4, 0.5) is 5.69 Å². The van der Waals surface area contributed by atoms with Gasteiger partial charge in [0.2, 0.25) is 5.91 Å². The molecule has 6 nitrogen and oxygen atoms in total. The maximum atomic E-state index is 12.1. The fraction of sp³-hybridized carbons (Fsp3) is 0.267. The molecular weight excluding hydrogens is 272 g/mol. The molecule has 2 aromatic rings. The van der Waals surface area contributed by atoms with E-state index in [0.29, 0.717) is 22.9 Å². The van der Waals surface area contributed by atoms with Gasteiger partial charge in [0.15, 0.2) is 0 Å². The first-order valence-electron chi connectivity index (χ1n) is 6.40. The van der Waals surface area contributed by atoms with Gasteiger partial charge in [0.25, 0.3) is 0 Å². The van der Waals surface area contributed by atoms with E-state index >= 15 is 0 Å². The highest BCUT2D eigenvalue weighted by atomic mass is 16.5. The number of ether oxygens (including phenoxy) is 3. The molecule has 0 radical (unpaired) electrons. The van der Waals surface area contributed by atoms with Crippen LogP contribution in [0.3, 0.4) is 0 Å². The van der Waals surface area contributed by atoms with Crippen molar-refractivity contribution in [3.05, 3.63) is 36.2 Å². The van der Waals surface area contributed by atoms with E-state index in [1.165, 1.54) is 14.2 Å². The number of benzene rings is 1. The quantitative estimate of drug-likeness (QED) is 0.855. The number of aromatic amines is 1. The third kappa shape index (κ3) is 3.47. The lowest BCUT2D eigenvalue weighted by molar-refractivity contribution is -0.115. The normalized spacial score (nSPS) is 10.0. The summed E-state index contributed by atoms with van der Waals surface area (Å²) in [6.07, 6.45) is 2.02. The Labute approximate surface area is 123 Å². The second kappa shape index (κ2) is 6.69. The number of amides is 1. The van der Waals surface area contributed by atoms with Gasteiger partial charge in [-0.2, -0.15) is 0 Å². The first kappa shape index (κ1) is 14.8. The molecule has 0 bridgehead atoms. The molecule has 0 saturated carbocycles. The molecule has 0 aliphatic rings. The minimum atomic E-state index is -0.167. The van der Waals surface area contributed by atoms with Gasteiger partial charge < -0.3 is 24.5 Å². The number of aromatic nitrogens is 1. The number of anilines is 1. The molecule has 6 heteroatoms. The van der Waals surface area contributed by atoms with E-state index in [-0.39, 0.29) is 12.3 Å². The lowest BCUT2D eigenvalue weighted by Crippen LogP contribution is -2.16. The predicted molar refractivity (Wildman–Crippen MR) is 79.2 cm³/mol. The molecule has 1 aromatic carbocycles. The van der Waals surface area contributed by atoms with Crippen LogP contribution in [0.25, 0.3) is 0 Å². The molecule has 21 heavy (non-hydrogen) atoms. The number of nitrogens with one attached hydrogen (secondary N) is 2. The first-order valence-corrected chi connectivity index (χ1v) is 6.40. The highest BCUT2D eigenvalue weighted by Gasteiger charge is 2.16. The van der Waals surface area contributed by atoms with Crippen LogP contribution in [0.2, 0.25) is 0 Å². The minimum absolute atomic E-state index is 0.167. The van der Waals surface area contributed by atoms with Crippen LogP contribution in [0.1, 0.15) is 5.69 Å². The van der Waals surface area contributed by atoms with E-state index in [2.05, 4.69) is 10.3 Å². The Morgan fingerprint density at radius 1 is 1.14 bits per heavy atom. The van der Waals surface area contributed by atoms with Crippen molar-refractivity contribution >= 4 is 11.6 Å². The van der Waals surface area contributed by atoms with Gasteiger partial charge in [-0.3, -0.25) is 4.79 Å². The maximum Gasteiger partial charge on any atom is 0.230 e. The highest BCUT2D eigenvalue weighted by Crippen LogP contribution is 2.38. The average molecular weight is 290 g/mol. The summed E-state index contributed by atoms with van der Waals surface area (Å²) >= 11 is 0. The van der Waals surface area contributed by atoms with Gasteiger partial charge in [0.1, 0.15) is 22.9 Å². The Morgan fingerprint density at radius 2 is 1.81 bits per heavy atom. The SMILES string of the molecule is COc1cc(OC)c(NC(=O)Cc2ccc[nH]2)c(OC)c1. The molecule has 0 aliphatic carbocycles. The van der Waals surface area contributed by atoms with E-state index < -0.39 is 0 Å². The molecule has 0 unspecified atom stereocenters. The van der Waals surface area contributed by atoms with Crippen LogP contribution in [0.15, 0.2) is 30.5 Å². The number of H-pyrrole nitrogens is 1. The molecule has 1 heterocycles. The van der Waals surface area contributed by atoms with E-state index in [9.17, 15) is 4.79 Å². The van der Waals surface area contributed by atoms with Crippen molar-refractivity contribution in [3.8, 4) is 17.2 Å². The number of hydrogen-bond donors (Lipinski definition) is 2. The standard InChI is InChI=1S/C15H18N2O4/c1-19-11-8-12(20-2)15(13(9-11)21-3)17-14(18)7-10-5-4-6-16-10/h4-6,8-9,16H,7H2,1-3H3,(H,17,18). The summed E-state index contributed by atoms with van der Waals surface area (Å²) in [5.74, 6) is 1.38. The van der Waals surface area contributed by atoms with Crippen molar-refractivity contribution in [1.29, 1.82) is 0 Å². The summed E-state index contributed by atoms with van der Waals surface area (Å²) in [5, 5.41) is 2.81. The molecule has 0 fully saturated rings. The van der Waals surface area contributed by atoms with E-state index in [0.717, 1.165) is 5.69 Å². The Morgan fingerprint density at radius 3 is 2.29 bits per heavy atom. The Kier molecular flexibility index (Phi) is 4.71. The lowest BCUT2D eigenvalue weighted by atomic mass is 10.2. The summed E-state index contributed by atoms with van der Waals surface area (Å²) in [5.41, 5.74) is 1.32. The van der Waals surface area contributed by atoms with Crippen molar-refractivity contribution < 1.29 is 19.0 Å². The molecule has 0 saturated heterocycles. The zero-order valence-electron chi connectivity index (χ0n) is 12.2. The second-order valence-corrected chi connectivity index (χ2v) is 4.33. The zero-order chi connectivity index (χ0) is 15.2. The highest BCUT2D eigenvalue weighted by molar-refractivity contribution is 5.95.